The lowest BCUT2D eigenvalue weighted by atomic mass is 10.1. The van der Waals surface area contributed by atoms with E-state index in [0.29, 0.717) is 22.3 Å². The van der Waals surface area contributed by atoms with Crippen LogP contribution >= 0.6 is 11.3 Å². The number of aromatic nitrogens is 3. The van der Waals surface area contributed by atoms with Crippen molar-refractivity contribution in [2.24, 2.45) is 0 Å². The Hall–Kier alpha value is -3.72. The maximum atomic E-state index is 12.5. The first-order valence-electron chi connectivity index (χ1n) is 9.19. The number of ether oxygens (including phenoxy) is 2. The van der Waals surface area contributed by atoms with E-state index < -0.39 is 0 Å². The summed E-state index contributed by atoms with van der Waals surface area (Å²) >= 11 is 1.40. The monoisotopic (exact) mass is 420 g/mol. The number of nitrogens with one attached hydrogen (secondary N) is 1. The molecular formula is C21H16N4O4S. The van der Waals surface area contributed by atoms with E-state index in [-0.39, 0.29) is 24.8 Å². The molecule has 0 fully saturated rings. The number of thiazole rings is 1. The van der Waals surface area contributed by atoms with Crippen LogP contribution in [-0.4, -0.2) is 27.2 Å². The molecule has 3 heterocycles. The number of hydrogen-bond acceptors (Lipinski definition) is 7. The standard InChI is InChI=1S/C21H16N4O4S/c1-12-2-4-14-18(6-12)30-21(23-14)24-19(26)9-25-10-22-15(8-20(25)27)13-3-5-16-17(7-13)29-11-28-16/h2-8,10H,9,11H2,1H3,(H,23,24,26). The Bertz CT molecular complexity index is 1340. The Balaban J connectivity index is 1.32. The van der Waals surface area contributed by atoms with Crippen molar-refractivity contribution in [1.82, 2.24) is 14.5 Å². The van der Waals surface area contributed by atoms with Crippen molar-refractivity contribution in [2.75, 3.05) is 12.1 Å². The quantitative estimate of drug-likeness (QED) is 0.545. The highest BCUT2D eigenvalue weighted by Crippen LogP contribution is 2.35. The molecule has 5 rings (SSSR count). The molecule has 1 aliphatic rings. The van der Waals surface area contributed by atoms with Gasteiger partial charge in [-0.05, 0) is 42.8 Å². The predicted octanol–water partition coefficient (Wildman–Crippen LogP) is 3.20. The van der Waals surface area contributed by atoms with E-state index in [1.54, 1.807) is 18.2 Å². The molecule has 0 bridgehead atoms. The molecule has 1 N–H and O–H groups in total. The lowest BCUT2D eigenvalue weighted by molar-refractivity contribution is -0.116. The van der Waals surface area contributed by atoms with Gasteiger partial charge in [0.2, 0.25) is 12.7 Å². The van der Waals surface area contributed by atoms with Crippen LogP contribution in [0.1, 0.15) is 5.56 Å². The van der Waals surface area contributed by atoms with Gasteiger partial charge in [0, 0.05) is 11.6 Å². The fourth-order valence-corrected chi connectivity index (χ4v) is 4.14. The van der Waals surface area contributed by atoms with E-state index in [1.165, 1.54) is 28.3 Å². The number of benzene rings is 2. The van der Waals surface area contributed by atoms with Crippen molar-refractivity contribution in [2.45, 2.75) is 13.5 Å². The number of hydrogen-bond donors (Lipinski definition) is 1. The van der Waals surface area contributed by atoms with Crippen molar-refractivity contribution in [3.05, 3.63) is 64.7 Å². The first-order valence-corrected chi connectivity index (χ1v) is 10.0. The summed E-state index contributed by atoms with van der Waals surface area (Å²) in [4.78, 5) is 33.6. The van der Waals surface area contributed by atoms with Gasteiger partial charge in [0.05, 0.1) is 22.2 Å². The Morgan fingerprint density at radius 2 is 2.03 bits per heavy atom. The van der Waals surface area contributed by atoms with Gasteiger partial charge < -0.3 is 14.8 Å². The maximum absolute atomic E-state index is 12.5. The normalized spacial score (nSPS) is 12.3. The zero-order chi connectivity index (χ0) is 20.7. The second kappa shape index (κ2) is 7.27. The molecule has 1 amide bonds. The van der Waals surface area contributed by atoms with E-state index in [1.807, 2.05) is 25.1 Å². The first-order chi connectivity index (χ1) is 14.5. The molecule has 0 atom stereocenters. The molecule has 0 unspecified atom stereocenters. The predicted molar refractivity (Wildman–Crippen MR) is 113 cm³/mol. The first kappa shape index (κ1) is 18.3. The number of carbonyl (C=O) groups is 1. The summed E-state index contributed by atoms with van der Waals surface area (Å²) in [6, 6.07) is 12.7. The second-order valence-electron chi connectivity index (χ2n) is 6.85. The highest BCUT2D eigenvalue weighted by Gasteiger charge is 2.15. The van der Waals surface area contributed by atoms with E-state index in [2.05, 4.69) is 15.3 Å². The van der Waals surface area contributed by atoms with E-state index >= 15 is 0 Å². The number of carbonyl (C=O) groups excluding carboxylic acids is 1. The van der Waals surface area contributed by atoms with Crippen molar-refractivity contribution in [3.63, 3.8) is 0 Å². The van der Waals surface area contributed by atoms with Crippen LogP contribution in [0.15, 0.2) is 53.6 Å². The summed E-state index contributed by atoms with van der Waals surface area (Å²) in [6.07, 6.45) is 1.36. The molecule has 0 aliphatic carbocycles. The molecule has 9 heteroatoms. The average Bonchev–Trinajstić information content (AvgIpc) is 3.34. The van der Waals surface area contributed by atoms with Gasteiger partial charge in [-0.2, -0.15) is 0 Å². The Morgan fingerprint density at radius 3 is 2.90 bits per heavy atom. The topological polar surface area (TPSA) is 95.3 Å². The van der Waals surface area contributed by atoms with Crippen LogP contribution in [0, 0.1) is 6.92 Å². The van der Waals surface area contributed by atoms with Gasteiger partial charge in [-0.25, -0.2) is 9.97 Å². The van der Waals surface area contributed by atoms with Gasteiger partial charge in [-0.1, -0.05) is 17.4 Å². The molecule has 150 valence electrons. The van der Waals surface area contributed by atoms with Gasteiger partial charge in [0.25, 0.3) is 5.56 Å². The molecule has 0 spiro atoms. The molecule has 8 nitrogen and oxygen atoms in total. The zero-order valence-electron chi connectivity index (χ0n) is 15.9. The van der Waals surface area contributed by atoms with Gasteiger partial charge in [-0.15, -0.1) is 0 Å². The van der Waals surface area contributed by atoms with Crippen LogP contribution in [0.2, 0.25) is 0 Å². The minimum Gasteiger partial charge on any atom is -0.454 e. The number of rotatable bonds is 4. The second-order valence-corrected chi connectivity index (χ2v) is 7.88. The van der Waals surface area contributed by atoms with Crippen molar-refractivity contribution in [1.29, 1.82) is 0 Å². The Labute approximate surface area is 174 Å². The molecule has 0 radical (unpaired) electrons. The fraction of sp³-hybridized carbons (Fsp3) is 0.143. The molecule has 30 heavy (non-hydrogen) atoms. The number of aryl methyl sites for hydroxylation is 1. The van der Waals surface area contributed by atoms with E-state index in [4.69, 9.17) is 9.47 Å². The third kappa shape index (κ3) is 3.50. The van der Waals surface area contributed by atoms with Gasteiger partial charge in [0.15, 0.2) is 16.6 Å². The largest absolute Gasteiger partial charge is 0.454 e. The minimum absolute atomic E-state index is 0.151. The zero-order valence-corrected chi connectivity index (χ0v) is 16.7. The lowest BCUT2D eigenvalue weighted by Crippen LogP contribution is -2.27. The number of nitrogens with zero attached hydrogens (tertiary/aromatic N) is 3. The summed E-state index contributed by atoms with van der Waals surface area (Å²) in [5.74, 6) is 0.933. The number of fused-ring (bicyclic) bond motifs is 2. The van der Waals surface area contributed by atoms with Crippen LogP contribution in [0.3, 0.4) is 0 Å². The van der Waals surface area contributed by atoms with Gasteiger partial charge in [0.1, 0.15) is 6.54 Å². The summed E-state index contributed by atoms with van der Waals surface area (Å²) in [6.45, 7) is 2.03. The molecule has 2 aromatic carbocycles. The molecule has 4 aromatic rings. The summed E-state index contributed by atoms with van der Waals surface area (Å²) < 4.78 is 12.9. The highest BCUT2D eigenvalue weighted by atomic mass is 32.1. The molecule has 1 aliphatic heterocycles. The molecule has 0 saturated carbocycles. The maximum Gasteiger partial charge on any atom is 0.254 e. The van der Waals surface area contributed by atoms with Crippen LogP contribution in [0.25, 0.3) is 21.5 Å². The SMILES string of the molecule is Cc1ccc2nc(NC(=O)Cn3cnc(-c4ccc5c(c4)OCO5)cc3=O)sc2c1. The molecular weight excluding hydrogens is 404 g/mol. The van der Waals surface area contributed by atoms with Crippen LogP contribution in [-0.2, 0) is 11.3 Å². The third-order valence-electron chi connectivity index (χ3n) is 4.65. The Kier molecular flexibility index (Phi) is 4.44. The minimum atomic E-state index is -0.342. The lowest BCUT2D eigenvalue weighted by Gasteiger charge is -2.07. The third-order valence-corrected chi connectivity index (χ3v) is 5.59. The summed E-state index contributed by atoms with van der Waals surface area (Å²) in [5, 5.41) is 3.25. The van der Waals surface area contributed by atoms with Crippen molar-refractivity contribution >= 4 is 32.6 Å². The van der Waals surface area contributed by atoms with Gasteiger partial charge >= 0.3 is 0 Å². The van der Waals surface area contributed by atoms with E-state index in [9.17, 15) is 9.59 Å². The van der Waals surface area contributed by atoms with Crippen LogP contribution in [0.4, 0.5) is 5.13 Å². The molecule has 2 aromatic heterocycles. The highest BCUT2D eigenvalue weighted by molar-refractivity contribution is 7.22. The summed E-state index contributed by atoms with van der Waals surface area (Å²) in [5.41, 5.74) is 2.86. The van der Waals surface area contributed by atoms with Crippen LogP contribution in [0.5, 0.6) is 11.5 Å². The number of anilines is 1. The van der Waals surface area contributed by atoms with E-state index in [0.717, 1.165) is 21.3 Å². The Morgan fingerprint density at radius 1 is 1.17 bits per heavy atom. The van der Waals surface area contributed by atoms with Crippen LogP contribution < -0.4 is 20.3 Å². The summed E-state index contributed by atoms with van der Waals surface area (Å²) in [7, 11) is 0. The van der Waals surface area contributed by atoms with Crippen molar-refractivity contribution < 1.29 is 14.3 Å². The fourth-order valence-electron chi connectivity index (χ4n) is 3.16. The van der Waals surface area contributed by atoms with Crippen molar-refractivity contribution in [3.8, 4) is 22.8 Å². The molecule has 0 saturated heterocycles. The van der Waals surface area contributed by atoms with Gasteiger partial charge in [-0.3, -0.25) is 14.2 Å². The average molecular weight is 420 g/mol. The number of amides is 1. The smallest absolute Gasteiger partial charge is 0.254 e.